The minimum atomic E-state index is 0.525. The van der Waals surface area contributed by atoms with Crippen molar-refractivity contribution in [2.45, 2.75) is 13.0 Å². The summed E-state index contributed by atoms with van der Waals surface area (Å²) < 4.78 is 4.94. The van der Waals surface area contributed by atoms with Gasteiger partial charge in [-0.05, 0) is 13.0 Å². The van der Waals surface area contributed by atoms with Crippen molar-refractivity contribution in [2.24, 2.45) is 0 Å². The maximum Gasteiger partial charge on any atom is 0.175 e. The molecular formula is C6H7ClN2O. The molecule has 4 heteroatoms. The van der Waals surface area contributed by atoms with Crippen molar-refractivity contribution >= 4 is 11.6 Å². The molecule has 0 unspecified atom stereocenters. The van der Waals surface area contributed by atoms with E-state index in [1.807, 2.05) is 0 Å². The first kappa shape index (κ1) is 6.19. The summed E-state index contributed by atoms with van der Waals surface area (Å²) in [6, 6.07) is 0. The Morgan fingerprint density at radius 3 is 3.30 bits per heavy atom. The molecule has 2 rings (SSSR count). The molecule has 0 spiro atoms. The molecule has 1 N–H and O–H groups in total. The molecule has 1 aliphatic heterocycles. The lowest BCUT2D eigenvalue weighted by molar-refractivity contribution is 0.366. The second-order valence-electron chi connectivity index (χ2n) is 2.30. The van der Waals surface area contributed by atoms with Gasteiger partial charge in [0.1, 0.15) is 0 Å². The highest BCUT2D eigenvalue weighted by atomic mass is 35.5. The van der Waals surface area contributed by atoms with Gasteiger partial charge in [0.15, 0.2) is 10.9 Å². The standard InChI is InChI=1S/C6H7ClN2O/c7-6-4-1-2-8-3-5(4)10-9-6/h8H,1-3H2. The van der Waals surface area contributed by atoms with Gasteiger partial charge in [0.25, 0.3) is 0 Å². The number of hydrogen-bond donors (Lipinski definition) is 1. The Hall–Kier alpha value is -0.540. The third-order valence-electron chi connectivity index (χ3n) is 1.66. The average molecular weight is 159 g/mol. The van der Waals surface area contributed by atoms with Gasteiger partial charge in [-0.15, -0.1) is 0 Å². The SMILES string of the molecule is Clc1noc2c1CCNC2. The normalized spacial score (nSPS) is 16.9. The summed E-state index contributed by atoms with van der Waals surface area (Å²) in [7, 11) is 0. The van der Waals surface area contributed by atoms with Gasteiger partial charge in [-0.3, -0.25) is 0 Å². The molecule has 10 heavy (non-hydrogen) atoms. The summed E-state index contributed by atoms with van der Waals surface area (Å²) in [5.41, 5.74) is 1.07. The van der Waals surface area contributed by atoms with Gasteiger partial charge in [-0.1, -0.05) is 16.8 Å². The molecule has 1 aliphatic rings. The van der Waals surface area contributed by atoms with Crippen LogP contribution in [0.2, 0.25) is 5.15 Å². The van der Waals surface area contributed by atoms with Gasteiger partial charge in [0.05, 0.1) is 6.54 Å². The predicted molar refractivity (Wildman–Crippen MR) is 36.9 cm³/mol. The molecule has 54 valence electrons. The summed E-state index contributed by atoms with van der Waals surface area (Å²) in [6.45, 7) is 1.73. The lowest BCUT2D eigenvalue weighted by Gasteiger charge is -2.08. The van der Waals surface area contributed by atoms with Gasteiger partial charge < -0.3 is 9.84 Å². The zero-order chi connectivity index (χ0) is 6.97. The maximum atomic E-state index is 5.73. The van der Waals surface area contributed by atoms with Crippen LogP contribution in [0, 0.1) is 0 Å². The first-order valence-electron chi connectivity index (χ1n) is 3.21. The minimum absolute atomic E-state index is 0.525. The number of fused-ring (bicyclic) bond motifs is 1. The van der Waals surface area contributed by atoms with E-state index in [1.54, 1.807) is 0 Å². The summed E-state index contributed by atoms with van der Waals surface area (Å²) in [6.07, 6.45) is 0.928. The van der Waals surface area contributed by atoms with Gasteiger partial charge in [0, 0.05) is 5.56 Å². The molecule has 1 aromatic rings. The fourth-order valence-corrected chi connectivity index (χ4v) is 1.35. The second-order valence-corrected chi connectivity index (χ2v) is 2.66. The van der Waals surface area contributed by atoms with Gasteiger partial charge >= 0.3 is 0 Å². The largest absolute Gasteiger partial charge is 0.358 e. The van der Waals surface area contributed by atoms with Crippen molar-refractivity contribution in [3.05, 3.63) is 16.5 Å². The number of halogens is 1. The Morgan fingerprint density at radius 1 is 1.60 bits per heavy atom. The zero-order valence-corrected chi connectivity index (χ0v) is 6.11. The smallest absolute Gasteiger partial charge is 0.175 e. The van der Waals surface area contributed by atoms with E-state index >= 15 is 0 Å². The molecule has 0 saturated heterocycles. The number of nitrogens with zero attached hydrogens (tertiary/aromatic N) is 1. The second kappa shape index (κ2) is 2.25. The van der Waals surface area contributed by atoms with E-state index in [2.05, 4.69) is 10.5 Å². The number of aromatic nitrogens is 1. The van der Waals surface area contributed by atoms with Crippen LogP contribution in [0.5, 0.6) is 0 Å². The average Bonchev–Trinajstić information content (AvgIpc) is 2.34. The van der Waals surface area contributed by atoms with Crippen LogP contribution in [-0.2, 0) is 13.0 Å². The van der Waals surface area contributed by atoms with Crippen LogP contribution < -0.4 is 5.32 Å². The van der Waals surface area contributed by atoms with Crippen molar-refractivity contribution in [1.29, 1.82) is 0 Å². The van der Waals surface area contributed by atoms with Crippen LogP contribution in [0.4, 0.5) is 0 Å². The monoisotopic (exact) mass is 158 g/mol. The van der Waals surface area contributed by atoms with Crippen molar-refractivity contribution in [3.63, 3.8) is 0 Å². The van der Waals surface area contributed by atoms with E-state index in [0.29, 0.717) is 5.15 Å². The molecule has 0 amide bonds. The Labute approximate surface area is 63.3 Å². The van der Waals surface area contributed by atoms with Crippen LogP contribution >= 0.6 is 11.6 Å². The van der Waals surface area contributed by atoms with Crippen LogP contribution in [-0.4, -0.2) is 11.7 Å². The Bertz CT molecular complexity index is 246. The lowest BCUT2D eigenvalue weighted by Crippen LogP contribution is -2.22. The molecular weight excluding hydrogens is 152 g/mol. The molecule has 0 atom stereocenters. The van der Waals surface area contributed by atoms with Crippen LogP contribution in [0.3, 0.4) is 0 Å². The predicted octanol–water partition coefficient (Wildman–Crippen LogP) is 0.974. The van der Waals surface area contributed by atoms with Crippen molar-refractivity contribution in [1.82, 2.24) is 10.5 Å². The summed E-state index contributed by atoms with van der Waals surface area (Å²) in [5, 5.41) is 7.34. The zero-order valence-electron chi connectivity index (χ0n) is 5.35. The fraction of sp³-hybridized carbons (Fsp3) is 0.500. The van der Waals surface area contributed by atoms with Gasteiger partial charge in [0.2, 0.25) is 0 Å². The Morgan fingerprint density at radius 2 is 2.50 bits per heavy atom. The van der Waals surface area contributed by atoms with E-state index < -0.39 is 0 Å². The molecule has 0 aromatic carbocycles. The van der Waals surface area contributed by atoms with Gasteiger partial charge in [-0.25, -0.2) is 0 Å². The molecule has 0 fully saturated rings. The Kier molecular flexibility index (Phi) is 1.39. The van der Waals surface area contributed by atoms with E-state index in [9.17, 15) is 0 Å². The van der Waals surface area contributed by atoms with E-state index in [4.69, 9.17) is 16.1 Å². The van der Waals surface area contributed by atoms with Crippen molar-refractivity contribution in [3.8, 4) is 0 Å². The molecule has 0 saturated carbocycles. The fourth-order valence-electron chi connectivity index (χ4n) is 1.12. The van der Waals surface area contributed by atoms with Crippen LogP contribution in [0.25, 0.3) is 0 Å². The number of hydrogen-bond acceptors (Lipinski definition) is 3. The number of rotatable bonds is 0. The summed E-state index contributed by atoms with van der Waals surface area (Å²) in [5.74, 6) is 0.885. The topological polar surface area (TPSA) is 38.1 Å². The maximum absolute atomic E-state index is 5.73. The van der Waals surface area contributed by atoms with E-state index in [-0.39, 0.29) is 0 Å². The molecule has 0 bridgehead atoms. The van der Waals surface area contributed by atoms with Crippen LogP contribution in [0.1, 0.15) is 11.3 Å². The molecule has 0 radical (unpaired) electrons. The van der Waals surface area contributed by atoms with Crippen molar-refractivity contribution in [2.75, 3.05) is 6.54 Å². The molecule has 3 nitrogen and oxygen atoms in total. The third kappa shape index (κ3) is 0.822. The Balaban J connectivity index is 2.45. The first-order valence-corrected chi connectivity index (χ1v) is 3.59. The van der Waals surface area contributed by atoms with E-state index in [0.717, 1.165) is 30.8 Å². The minimum Gasteiger partial charge on any atom is -0.358 e. The first-order chi connectivity index (χ1) is 4.88. The van der Waals surface area contributed by atoms with Crippen molar-refractivity contribution < 1.29 is 4.52 Å². The number of nitrogens with one attached hydrogen (secondary N) is 1. The molecule has 2 heterocycles. The molecule has 1 aromatic heterocycles. The quantitative estimate of drug-likeness (QED) is 0.612. The van der Waals surface area contributed by atoms with E-state index in [1.165, 1.54) is 0 Å². The van der Waals surface area contributed by atoms with Gasteiger partial charge in [-0.2, -0.15) is 0 Å². The highest BCUT2D eigenvalue weighted by molar-refractivity contribution is 6.30. The third-order valence-corrected chi connectivity index (χ3v) is 1.96. The summed E-state index contributed by atoms with van der Waals surface area (Å²) >= 11 is 5.73. The highest BCUT2D eigenvalue weighted by Gasteiger charge is 2.16. The van der Waals surface area contributed by atoms with Crippen LogP contribution in [0.15, 0.2) is 4.52 Å². The highest BCUT2D eigenvalue weighted by Crippen LogP contribution is 2.21. The molecule has 0 aliphatic carbocycles. The lowest BCUT2D eigenvalue weighted by atomic mass is 10.1. The summed E-state index contributed by atoms with van der Waals surface area (Å²) in [4.78, 5) is 0.